The number of para-hydroxylation sites is 1. The Morgan fingerprint density at radius 1 is 0.846 bits per heavy atom. The summed E-state index contributed by atoms with van der Waals surface area (Å²) in [6.07, 6.45) is 2.06. The van der Waals surface area contributed by atoms with Crippen molar-refractivity contribution in [3.63, 3.8) is 0 Å². The molecule has 2 rings (SSSR count). The minimum absolute atomic E-state index is 0.595. The minimum Gasteiger partial charge on any atom is -0.492 e. The van der Waals surface area contributed by atoms with Crippen LogP contribution < -0.4 is 15.4 Å². The van der Waals surface area contributed by atoms with Crippen molar-refractivity contribution >= 4 is 5.96 Å². The van der Waals surface area contributed by atoms with Crippen molar-refractivity contribution in [1.29, 1.82) is 0 Å². The first-order chi connectivity index (χ1) is 12.9. The highest BCUT2D eigenvalue weighted by Crippen LogP contribution is 2.07. The number of aliphatic imine (C=N–C) groups is 1. The van der Waals surface area contributed by atoms with Crippen LogP contribution in [0.1, 0.15) is 18.4 Å². The summed E-state index contributed by atoms with van der Waals surface area (Å²) < 4.78 is 11.3. The van der Waals surface area contributed by atoms with Gasteiger partial charge in [0.05, 0.1) is 13.2 Å². The van der Waals surface area contributed by atoms with Gasteiger partial charge in [-0.05, 0) is 30.5 Å². The fourth-order valence-electron chi connectivity index (χ4n) is 2.38. The molecule has 0 heterocycles. The molecule has 2 aromatic carbocycles. The summed E-state index contributed by atoms with van der Waals surface area (Å²) in [6.45, 7) is 3.62. The van der Waals surface area contributed by atoms with Crippen molar-refractivity contribution in [3.8, 4) is 5.75 Å². The fourth-order valence-corrected chi connectivity index (χ4v) is 2.38. The lowest BCUT2D eigenvalue weighted by atomic mass is 10.2. The van der Waals surface area contributed by atoms with Crippen LogP contribution in [0, 0.1) is 0 Å². The van der Waals surface area contributed by atoms with Gasteiger partial charge in [0.15, 0.2) is 5.96 Å². The number of unbranched alkanes of at least 4 members (excludes halogenated alkanes) is 1. The van der Waals surface area contributed by atoms with Crippen molar-refractivity contribution in [3.05, 3.63) is 66.2 Å². The molecule has 0 aliphatic carbocycles. The first kappa shape index (κ1) is 19.8. The monoisotopic (exact) mass is 355 g/mol. The Kier molecular flexibility index (Phi) is 9.73. The Morgan fingerprint density at radius 2 is 1.54 bits per heavy atom. The third-order valence-electron chi connectivity index (χ3n) is 3.75. The molecule has 0 unspecified atom stereocenters. The Balaban J connectivity index is 1.45. The van der Waals surface area contributed by atoms with Gasteiger partial charge in [-0.15, -0.1) is 0 Å². The topological polar surface area (TPSA) is 54.9 Å². The van der Waals surface area contributed by atoms with E-state index in [1.54, 1.807) is 7.05 Å². The number of nitrogens with one attached hydrogen (secondary N) is 2. The van der Waals surface area contributed by atoms with Gasteiger partial charge < -0.3 is 20.1 Å². The third-order valence-corrected chi connectivity index (χ3v) is 3.75. The number of hydrogen-bond donors (Lipinski definition) is 2. The van der Waals surface area contributed by atoms with Crippen LogP contribution in [0.2, 0.25) is 0 Å². The minimum atomic E-state index is 0.595. The molecule has 0 aliphatic heterocycles. The van der Waals surface area contributed by atoms with Crippen molar-refractivity contribution < 1.29 is 9.47 Å². The maximum Gasteiger partial charge on any atom is 0.191 e. The van der Waals surface area contributed by atoms with Crippen LogP contribution in [-0.4, -0.2) is 39.3 Å². The quantitative estimate of drug-likeness (QED) is 0.369. The number of hydrogen-bond acceptors (Lipinski definition) is 3. The highest BCUT2D eigenvalue weighted by Gasteiger charge is 1.98. The van der Waals surface area contributed by atoms with E-state index in [1.165, 1.54) is 5.56 Å². The van der Waals surface area contributed by atoms with Crippen LogP contribution >= 0.6 is 0 Å². The second-order valence-corrected chi connectivity index (χ2v) is 5.83. The Hall–Kier alpha value is -2.53. The summed E-state index contributed by atoms with van der Waals surface area (Å²) >= 11 is 0. The summed E-state index contributed by atoms with van der Waals surface area (Å²) in [6, 6.07) is 20.1. The molecule has 0 saturated carbocycles. The standard InChI is InChI=1S/C21H29N3O2/c1-22-21(24-15-17-26-20-12-6-3-7-13-20)23-14-8-9-16-25-18-19-10-4-2-5-11-19/h2-7,10-13H,8-9,14-18H2,1H3,(H2,22,23,24). The number of nitrogens with zero attached hydrogens (tertiary/aromatic N) is 1. The zero-order valence-electron chi connectivity index (χ0n) is 15.5. The SMILES string of the molecule is CN=C(NCCCCOCc1ccccc1)NCCOc1ccccc1. The van der Waals surface area contributed by atoms with Gasteiger partial charge in [0, 0.05) is 20.2 Å². The molecule has 0 fully saturated rings. The largest absolute Gasteiger partial charge is 0.492 e. The smallest absolute Gasteiger partial charge is 0.191 e. The lowest BCUT2D eigenvalue weighted by molar-refractivity contribution is 0.117. The molecule has 0 radical (unpaired) electrons. The van der Waals surface area contributed by atoms with Crippen LogP contribution in [0.3, 0.4) is 0 Å². The zero-order chi connectivity index (χ0) is 18.3. The van der Waals surface area contributed by atoms with Crippen molar-refractivity contribution in [2.24, 2.45) is 4.99 Å². The summed E-state index contributed by atoms with van der Waals surface area (Å²) in [4.78, 5) is 4.21. The second kappa shape index (κ2) is 12.8. The number of benzene rings is 2. The van der Waals surface area contributed by atoms with Crippen LogP contribution in [0.25, 0.3) is 0 Å². The molecule has 0 amide bonds. The van der Waals surface area contributed by atoms with Gasteiger partial charge in [0.2, 0.25) is 0 Å². The van der Waals surface area contributed by atoms with Crippen LogP contribution in [-0.2, 0) is 11.3 Å². The molecule has 0 atom stereocenters. The van der Waals surface area contributed by atoms with E-state index in [9.17, 15) is 0 Å². The predicted octanol–water partition coefficient (Wildman–Crippen LogP) is 3.23. The summed E-state index contributed by atoms with van der Waals surface area (Å²) in [5, 5.41) is 6.55. The van der Waals surface area contributed by atoms with Crippen LogP contribution in [0.4, 0.5) is 0 Å². The van der Waals surface area contributed by atoms with Crippen molar-refractivity contribution in [2.45, 2.75) is 19.4 Å². The molecule has 0 bridgehead atoms. The summed E-state index contributed by atoms with van der Waals surface area (Å²) in [7, 11) is 1.77. The molecule has 5 nitrogen and oxygen atoms in total. The van der Waals surface area contributed by atoms with E-state index >= 15 is 0 Å². The van der Waals surface area contributed by atoms with Gasteiger partial charge in [-0.1, -0.05) is 48.5 Å². The van der Waals surface area contributed by atoms with Gasteiger partial charge in [0.25, 0.3) is 0 Å². The van der Waals surface area contributed by atoms with E-state index in [0.717, 1.165) is 37.7 Å². The molecular formula is C21H29N3O2. The Bertz CT molecular complexity index is 618. The van der Waals surface area contributed by atoms with E-state index in [-0.39, 0.29) is 0 Å². The molecular weight excluding hydrogens is 326 g/mol. The van der Waals surface area contributed by atoms with Gasteiger partial charge >= 0.3 is 0 Å². The van der Waals surface area contributed by atoms with Gasteiger partial charge in [-0.3, -0.25) is 4.99 Å². The molecule has 2 aromatic rings. The fraction of sp³-hybridized carbons (Fsp3) is 0.381. The Morgan fingerprint density at radius 3 is 2.27 bits per heavy atom. The normalized spacial score (nSPS) is 11.2. The summed E-state index contributed by atoms with van der Waals surface area (Å²) in [5.41, 5.74) is 1.22. The van der Waals surface area contributed by atoms with E-state index in [4.69, 9.17) is 9.47 Å². The predicted molar refractivity (Wildman–Crippen MR) is 107 cm³/mol. The third kappa shape index (κ3) is 8.53. The van der Waals surface area contributed by atoms with E-state index in [0.29, 0.717) is 19.8 Å². The van der Waals surface area contributed by atoms with Crippen LogP contribution in [0.15, 0.2) is 65.7 Å². The molecule has 0 aromatic heterocycles. The molecule has 140 valence electrons. The molecule has 0 spiro atoms. The second-order valence-electron chi connectivity index (χ2n) is 5.83. The molecule has 2 N–H and O–H groups in total. The average Bonchev–Trinajstić information content (AvgIpc) is 2.70. The van der Waals surface area contributed by atoms with Crippen molar-refractivity contribution in [1.82, 2.24) is 10.6 Å². The van der Waals surface area contributed by atoms with Crippen LogP contribution in [0.5, 0.6) is 5.75 Å². The number of ether oxygens (including phenoxy) is 2. The summed E-state index contributed by atoms with van der Waals surface area (Å²) in [5.74, 6) is 1.68. The highest BCUT2D eigenvalue weighted by atomic mass is 16.5. The number of rotatable bonds is 11. The maximum absolute atomic E-state index is 5.68. The van der Waals surface area contributed by atoms with E-state index in [1.807, 2.05) is 48.5 Å². The highest BCUT2D eigenvalue weighted by molar-refractivity contribution is 5.79. The van der Waals surface area contributed by atoms with E-state index < -0.39 is 0 Å². The van der Waals surface area contributed by atoms with Gasteiger partial charge in [0.1, 0.15) is 12.4 Å². The zero-order valence-corrected chi connectivity index (χ0v) is 15.5. The first-order valence-electron chi connectivity index (χ1n) is 9.12. The molecule has 26 heavy (non-hydrogen) atoms. The van der Waals surface area contributed by atoms with Gasteiger partial charge in [-0.2, -0.15) is 0 Å². The first-order valence-corrected chi connectivity index (χ1v) is 9.12. The Labute approximate surface area is 156 Å². The molecule has 0 aliphatic rings. The lowest BCUT2D eigenvalue weighted by Crippen LogP contribution is -2.39. The van der Waals surface area contributed by atoms with E-state index in [2.05, 4.69) is 27.8 Å². The van der Waals surface area contributed by atoms with Crippen molar-refractivity contribution in [2.75, 3.05) is 33.4 Å². The molecule has 5 heteroatoms. The van der Waals surface area contributed by atoms with Gasteiger partial charge in [-0.25, -0.2) is 0 Å². The number of guanidine groups is 1. The lowest BCUT2D eigenvalue weighted by Gasteiger charge is -2.12. The maximum atomic E-state index is 5.68. The molecule has 0 saturated heterocycles. The average molecular weight is 355 g/mol.